The van der Waals surface area contributed by atoms with Crippen molar-refractivity contribution in [3.8, 4) is 6.07 Å². The molecular weight excluding hydrogens is 399 g/mol. The Morgan fingerprint density at radius 2 is 2.07 bits per heavy atom. The largest absolute Gasteiger partial charge is 0.390 e. The van der Waals surface area contributed by atoms with Crippen LogP contribution in [0.4, 0.5) is 10.2 Å². The molecule has 158 valence electrons. The Morgan fingerprint density at radius 3 is 2.70 bits per heavy atom. The van der Waals surface area contributed by atoms with Gasteiger partial charge in [0.2, 0.25) is 0 Å². The highest BCUT2D eigenvalue weighted by Gasteiger charge is 2.42. The van der Waals surface area contributed by atoms with Crippen molar-refractivity contribution in [1.82, 2.24) is 9.97 Å². The molecule has 2 fully saturated rings. The van der Waals surface area contributed by atoms with Gasteiger partial charge in [-0.25, -0.2) is 14.4 Å². The van der Waals surface area contributed by atoms with Gasteiger partial charge in [-0.2, -0.15) is 5.26 Å². The quantitative estimate of drug-likeness (QED) is 0.754. The van der Waals surface area contributed by atoms with Gasteiger partial charge in [-0.15, -0.1) is 0 Å². The molecule has 1 aromatic carbocycles. The van der Waals surface area contributed by atoms with E-state index < -0.39 is 5.82 Å². The molecule has 30 heavy (non-hydrogen) atoms. The molecule has 0 amide bonds. The molecule has 2 heterocycles. The van der Waals surface area contributed by atoms with Gasteiger partial charge in [0, 0.05) is 18.0 Å². The number of aryl methyl sites for hydroxylation is 1. The second kappa shape index (κ2) is 8.52. The standard InChI is InChI=1S/C23H27FN4OS/c1-15-5-4-8-23(15)9-11-28(12-10-23)21-19(14-29)27-22(16(2)26-21)30-20-7-3-6-18(24)17(20)13-25/h3,6-7,15,29H,4-5,8-12,14H2,1-2H3/t15-/m1/s1. The molecule has 7 heteroatoms. The summed E-state index contributed by atoms with van der Waals surface area (Å²) in [5.41, 5.74) is 1.73. The fourth-order valence-electron chi connectivity index (χ4n) is 5.00. The number of nitriles is 1. The van der Waals surface area contributed by atoms with Gasteiger partial charge in [-0.3, -0.25) is 0 Å². The van der Waals surface area contributed by atoms with E-state index >= 15 is 0 Å². The maximum absolute atomic E-state index is 13.9. The minimum Gasteiger partial charge on any atom is -0.390 e. The Labute approximate surface area is 181 Å². The Balaban J connectivity index is 1.58. The SMILES string of the molecule is Cc1nc(N2CCC3(CCC[C@H]3C)CC2)c(CO)nc1Sc1cccc(F)c1C#N. The van der Waals surface area contributed by atoms with Crippen LogP contribution >= 0.6 is 11.8 Å². The number of piperidine rings is 1. The van der Waals surface area contributed by atoms with Crippen molar-refractivity contribution >= 4 is 17.6 Å². The van der Waals surface area contributed by atoms with Gasteiger partial charge >= 0.3 is 0 Å². The van der Waals surface area contributed by atoms with Gasteiger partial charge in [0.05, 0.1) is 12.3 Å². The zero-order valence-electron chi connectivity index (χ0n) is 17.5. The molecule has 1 spiro atoms. The van der Waals surface area contributed by atoms with E-state index in [1.807, 2.05) is 13.0 Å². The van der Waals surface area contributed by atoms with E-state index in [1.165, 1.54) is 37.1 Å². The molecule has 1 N–H and O–H groups in total. The van der Waals surface area contributed by atoms with Gasteiger partial charge in [0.1, 0.15) is 28.2 Å². The summed E-state index contributed by atoms with van der Waals surface area (Å²) in [4.78, 5) is 12.2. The fraction of sp³-hybridized carbons (Fsp3) is 0.522. The lowest BCUT2D eigenvalue weighted by molar-refractivity contribution is 0.161. The third-order valence-corrected chi connectivity index (χ3v) is 8.08. The maximum Gasteiger partial charge on any atom is 0.153 e. The number of hydrogen-bond acceptors (Lipinski definition) is 6. The molecule has 1 atom stereocenters. The Morgan fingerprint density at radius 1 is 1.30 bits per heavy atom. The van der Waals surface area contributed by atoms with E-state index in [0.717, 1.165) is 43.4 Å². The lowest BCUT2D eigenvalue weighted by atomic mass is 9.71. The molecule has 4 rings (SSSR count). The Bertz CT molecular complexity index is 982. The van der Waals surface area contributed by atoms with Gasteiger partial charge in [0.15, 0.2) is 5.82 Å². The monoisotopic (exact) mass is 426 g/mol. The third kappa shape index (κ3) is 3.79. The predicted molar refractivity (Wildman–Crippen MR) is 115 cm³/mol. The normalized spacial score (nSPS) is 20.5. The molecule has 0 radical (unpaired) electrons. The number of aromatic nitrogens is 2. The van der Waals surface area contributed by atoms with Crippen molar-refractivity contribution in [1.29, 1.82) is 5.26 Å². The highest BCUT2D eigenvalue weighted by atomic mass is 32.2. The molecule has 1 saturated heterocycles. The van der Waals surface area contributed by atoms with Crippen molar-refractivity contribution in [2.45, 2.75) is 62.5 Å². The summed E-state index contributed by atoms with van der Waals surface area (Å²) in [5, 5.41) is 19.8. The van der Waals surface area contributed by atoms with E-state index in [-0.39, 0.29) is 12.2 Å². The molecule has 2 aromatic rings. The molecule has 0 unspecified atom stereocenters. The first kappa shape index (κ1) is 21.1. The first-order chi connectivity index (χ1) is 14.5. The first-order valence-electron chi connectivity index (χ1n) is 10.6. The van der Waals surface area contributed by atoms with Gasteiger partial charge < -0.3 is 10.0 Å². The summed E-state index contributed by atoms with van der Waals surface area (Å²) in [6, 6.07) is 6.48. The molecule has 1 aliphatic carbocycles. The average molecular weight is 427 g/mol. The zero-order chi connectivity index (χ0) is 21.3. The first-order valence-corrected chi connectivity index (χ1v) is 11.4. The minimum atomic E-state index is -0.546. The van der Waals surface area contributed by atoms with E-state index in [1.54, 1.807) is 12.1 Å². The van der Waals surface area contributed by atoms with Crippen LogP contribution in [0.3, 0.4) is 0 Å². The lowest BCUT2D eigenvalue weighted by Gasteiger charge is -2.43. The van der Waals surface area contributed by atoms with E-state index in [4.69, 9.17) is 4.98 Å². The number of halogens is 1. The average Bonchev–Trinajstić information content (AvgIpc) is 3.09. The Hall–Kier alpha value is -2.17. The van der Waals surface area contributed by atoms with Crippen LogP contribution < -0.4 is 4.90 Å². The molecule has 2 aliphatic rings. The van der Waals surface area contributed by atoms with Crippen molar-refractivity contribution in [2.24, 2.45) is 11.3 Å². The summed E-state index contributed by atoms with van der Waals surface area (Å²) in [5.74, 6) is 0.985. The smallest absolute Gasteiger partial charge is 0.153 e. The number of aliphatic hydroxyl groups excluding tert-OH is 1. The second-order valence-electron chi connectivity index (χ2n) is 8.51. The molecule has 1 aromatic heterocycles. The highest BCUT2D eigenvalue weighted by molar-refractivity contribution is 7.99. The van der Waals surface area contributed by atoms with E-state index in [9.17, 15) is 14.8 Å². The summed E-state index contributed by atoms with van der Waals surface area (Å²) >= 11 is 1.21. The van der Waals surface area contributed by atoms with Crippen LogP contribution in [0.15, 0.2) is 28.1 Å². The maximum atomic E-state index is 13.9. The minimum absolute atomic E-state index is 0.00494. The summed E-state index contributed by atoms with van der Waals surface area (Å²) in [6.45, 7) is 5.92. The van der Waals surface area contributed by atoms with Gasteiger partial charge in [-0.05, 0) is 49.7 Å². The molecular formula is C23H27FN4OS. The van der Waals surface area contributed by atoms with Crippen LogP contribution in [0.2, 0.25) is 0 Å². The Kier molecular flexibility index (Phi) is 5.99. The van der Waals surface area contributed by atoms with Crippen molar-refractivity contribution in [2.75, 3.05) is 18.0 Å². The van der Waals surface area contributed by atoms with Gasteiger partial charge in [0.25, 0.3) is 0 Å². The molecule has 5 nitrogen and oxygen atoms in total. The number of anilines is 1. The van der Waals surface area contributed by atoms with Crippen molar-refractivity contribution in [3.05, 3.63) is 41.0 Å². The zero-order valence-corrected chi connectivity index (χ0v) is 18.3. The second-order valence-corrected chi connectivity index (χ2v) is 9.54. The number of rotatable bonds is 4. The number of hydrogen-bond donors (Lipinski definition) is 1. The van der Waals surface area contributed by atoms with Crippen LogP contribution in [0.5, 0.6) is 0 Å². The summed E-state index contributed by atoms with van der Waals surface area (Å²) in [6.07, 6.45) is 6.30. The number of nitrogens with zero attached hydrogens (tertiary/aromatic N) is 4. The predicted octanol–water partition coefficient (Wildman–Crippen LogP) is 4.85. The third-order valence-electron chi connectivity index (χ3n) is 6.94. The van der Waals surface area contributed by atoms with Crippen LogP contribution in [-0.2, 0) is 6.61 Å². The topological polar surface area (TPSA) is 73.0 Å². The van der Waals surface area contributed by atoms with Crippen LogP contribution in [0.1, 0.15) is 56.0 Å². The molecule has 1 aliphatic heterocycles. The van der Waals surface area contributed by atoms with Crippen LogP contribution in [0, 0.1) is 35.4 Å². The molecule has 0 bridgehead atoms. The lowest BCUT2D eigenvalue weighted by Crippen LogP contribution is -2.42. The summed E-state index contributed by atoms with van der Waals surface area (Å²) in [7, 11) is 0. The van der Waals surface area contributed by atoms with Crippen LogP contribution in [-0.4, -0.2) is 28.2 Å². The van der Waals surface area contributed by atoms with Gasteiger partial charge in [-0.1, -0.05) is 37.6 Å². The van der Waals surface area contributed by atoms with Crippen molar-refractivity contribution < 1.29 is 9.50 Å². The van der Waals surface area contributed by atoms with Crippen LogP contribution in [0.25, 0.3) is 0 Å². The van der Waals surface area contributed by atoms with E-state index in [2.05, 4.69) is 16.8 Å². The molecule has 1 saturated carbocycles. The highest BCUT2D eigenvalue weighted by Crippen LogP contribution is 2.50. The number of aliphatic hydroxyl groups is 1. The summed E-state index contributed by atoms with van der Waals surface area (Å²) < 4.78 is 13.9. The van der Waals surface area contributed by atoms with E-state index in [0.29, 0.717) is 21.0 Å². The fourth-order valence-corrected chi connectivity index (χ4v) is 5.95. The number of benzene rings is 1. The van der Waals surface area contributed by atoms with Crippen molar-refractivity contribution in [3.63, 3.8) is 0 Å².